The minimum atomic E-state index is -0.0296. The SMILES string of the molecule is COc1ccc(C2(CNC(=O)CSC3CCCC3)CCOCC2)cc1. The van der Waals surface area contributed by atoms with Crippen LogP contribution in [0.25, 0.3) is 0 Å². The van der Waals surface area contributed by atoms with Gasteiger partial charge in [-0.3, -0.25) is 4.79 Å². The zero-order valence-corrected chi connectivity index (χ0v) is 15.9. The van der Waals surface area contributed by atoms with Crippen molar-refractivity contribution in [1.82, 2.24) is 5.32 Å². The second kappa shape index (κ2) is 8.95. The third-order valence-corrected chi connectivity index (χ3v) is 6.90. The molecule has 1 saturated heterocycles. The minimum Gasteiger partial charge on any atom is -0.497 e. The Bertz CT molecular complexity index is 549. The molecule has 2 fully saturated rings. The van der Waals surface area contributed by atoms with Crippen molar-refractivity contribution in [3.63, 3.8) is 0 Å². The fourth-order valence-corrected chi connectivity index (χ4v) is 5.00. The van der Waals surface area contributed by atoms with E-state index in [4.69, 9.17) is 9.47 Å². The maximum absolute atomic E-state index is 12.3. The summed E-state index contributed by atoms with van der Waals surface area (Å²) in [7, 11) is 1.68. The summed E-state index contributed by atoms with van der Waals surface area (Å²) in [6.45, 7) is 2.18. The lowest BCUT2D eigenvalue weighted by atomic mass is 9.74. The van der Waals surface area contributed by atoms with E-state index in [1.165, 1.54) is 31.2 Å². The van der Waals surface area contributed by atoms with Crippen LogP contribution >= 0.6 is 11.8 Å². The summed E-state index contributed by atoms with van der Waals surface area (Å²) in [4.78, 5) is 12.3. The van der Waals surface area contributed by atoms with Gasteiger partial charge in [0.1, 0.15) is 5.75 Å². The van der Waals surface area contributed by atoms with Gasteiger partial charge in [0.15, 0.2) is 0 Å². The molecule has 0 atom stereocenters. The molecule has 0 aromatic heterocycles. The number of carbonyl (C=O) groups is 1. The van der Waals surface area contributed by atoms with Crippen LogP contribution in [0.2, 0.25) is 0 Å². The van der Waals surface area contributed by atoms with Crippen LogP contribution in [0.4, 0.5) is 0 Å². The maximum Gasteiger partial charge on any atom is 0.230 e. The van der Waals surface area contributed by atoms with Crippen molar-refractivity contribution in [3.8, 4) is 5.75 Å². The molecule has 0 unspecified atom stereocenters. The molecule has 0 bridgehead atoms. The summed E-state index contributed by atoms with van der Waals surface area (Å²) < 4.78 is 10.8. The van der Waals surface area contributed by atoms with E-state index in [1.54, 1.807) is 7.11 Å². The third kappa shape index (κ3) is 4.91. The summed E-state index contributed by atoms with van der Waals surface area (Å²) in [6.07, 6.45) is 7.06. The van der Waals surface area contributed by atoms with Crippen molar-refractivity contribution in [2.45, 2.75) is 49.2 Å². The van der Waals surface area contributed by atoms with Gasteiger partial charge in [-0.05, 0) is 43.4 Å². The van der Waals surface area contributed by atoms with Gasteiger partial charge >= 0.3 is 0 Å². The Morgan fingerprint density at radius 3 is 2.56 bits per heavy atom. The first-order valence-corrected chi connectivity index (χ1v) is 10.4. The number of hydrogen-bond acceptors (Lipinski definition) is 4. The van der Waals surface area contributed by atoms with Gasteiger partial charge in [-0.15, -0.1) is 11.8 Å². The molecule has 0 spiro atoms. The van der Waals surface area contributed by atoms with Gasteiger partial charge in [0.05, 0.1) is 12.9 Å². The van der Waals surface area contributed by atoms with Crippen LogP contribution in [0.5, 0.6) is 5.75 Å². The first-order chi connectivity index (χ1) is 12.2. The summed E-state index contributed by atoms with van der Waals surface area (Å²) >= 11 is 1.83. The molecule has 1 saturated carbocycles. The summed E-state index contributed by atoms with van der Waals surface area (Å²) in [6, 6.07) is 8.27. The number of hydrogen-bond donors (Lipinski definition) is 1. The Morgan fingerprint density at radius 2 is 1.92 bits per heavy atom. The Balaban J connectivity index is 1.58. The number of ether oxygens (including phenoxy) is 2. The van der Waals surface area contributed by atoms with Crippen LogP contribution in [0.3, 0.4) is 0 Å². The summed E-state index contributed by atoms with van der Waals surface area (Å²) in [5.41, 5.74) is 1.23. The number of methoxy groups -OCH3 is 1. The van der Waals surface area contributed by atoms with Crippen LogP contribution in [-0.4, -0.2) is 43.8 Å². The third-order valence-electron chi connectivity index (χ3n) is 5.53. The van der Waals surface area contributed by atoms with Gasteiger partial charge in [-0.1, -0.05) is 25.0 Å². The van der Waals surface area contributed by atoms with Crippen LogP contribution < -0.4 is 10.1 Å². The van der Waals surface area contributed by atoms with Crippen LogP contribution in [0.15, 0.2) is 24.3 Å². The van der Waals surface area contributed by atoms with E-state index in [0.717, 1.165) is 31.8 Å². The molecule has 4 nitrogen and oxygen atoms in total. The van der Waals surface area contributed by atoms with Gasteiger partial charge < -0.3 is 14.8 Å². The second-order valence-electron chi connectivity index (χ2n) is 7.12. The lowest BCUT2D eigenvalue weighted by Gasteiger charge is -2.38. The van der Waals surface area contributed by atoms with E-state index in [1.807, 2.05) is 23.9 Å². The molecule has 138 valence electrons. The molecule has 1 amide bonds. The van der Waals surface area contributed by atoms with Crippen molar-refractivity contribution in [3.05, 3.63) is 29.8 Å². The molecule has 1 aromatic carbocycles. The van der Waals surface area contributed by atoms with Crippen LogP contribution in [-0.2, 0) is 14.9 Å². The molecule has 2 aliphatic rings. The number of rotatable bonds is 7. The van der Waals surface area contributed by atoms with Crippen molar-refractivity contribution >= 4 is 17.7 Å². The standard InChI is InChI=1S/C20H29NO3S/c1-23-17-8-6-16(7-9-17)20(10-12-24-13-11-20)15-21-19(22)14-25-18-4-2-3-5-18/h6-9,18H,2-5,10-15H2,1H3,(H,21,22). The number of benzene rings is 1. The normalized spacial score (nSPS) is 20.4. The maximum atomic E-state index is 12.3. The molecule has 25 heavy (non-hydrogen) atoms. The van der Waals surface area contributed by atoms with Crippen LogP contribution in [0, 0.1) is 0 Å². The van der Waals surface area contributed by atoms with E-state index >= 15 is 0 Å². The molecular formula is C20H29NO3S. The molecule has 1 aliphatic carbocycles. The second-order valence-corrected chi connectivity index (χ2v) is 8.40. The van der Waals surface area contributed by atoms with Crippen molar-refractivity contribution in [2.24, 2.45) is 0 Å². The van der Waals surface area contributed by atoms with Gasteiger partial charge in [0, 0.05) is 30.4 Å². The number of carbonyl (C=O) groups excluding carboxylic acids is 1. The molecule has 1 heterocycles. The zero-order valence-electron chi connectivity index (χ0n) is 15.1. The Labute approximate surface area is 155 Å². The quantitative estimate of drug-likeness (QED) is 0.805. The number of nitrogens with one attached hydrogen (secondary N) is 1. The van der Waals surface area contributed by atoms with Gasteiger partial charge in [0.2, 0.25) is 5.91 Å². The predicted molar refractivity (Wildman–Crippen MR) is 102 cm³/mol. The Kier molecular flexibility index (Phi) is 6.65. The molecule has 1 N–H and O–H groups in total. The zero-order chi connectivity index (χ0) is 17.5. The number of amides is 1. The average Bonchev–Trinajstić information content (AvgIpc) is 3.19. The average molecular weight is 364 g/mol. The highest BCUT2D eigenvalue weighted by atomic mass is 32.2. The summed E-state index contributed by atoms with van der Waals surface area (Å²) in [5, 5.41) is 3.88. The van der Waals surface area contributed by atoms with E-state index < -0.39 is 0 Å². The number of thioether (sulfide) groups is 1. The highest BCUT2D eigenvalue weighted by Crippen LogP contribution is 2.35. The van der Waals surface area contributed by atoms with E-state index in [-0.39, 0.29) is 11.3 Å². The van der Waals surface area contributed by atoms with E-state index in [0.29, 0.717) is 17.5 Å². The fraction of sp³-hybridized carbons (Fsp3) is 0.650. The van der Waals surface area contributed by atoms with Crippen LogP contribution in [0.1, 0.15) is 44.1 Å². The first-order valence-electron chi connectivity index (χ1n) is 9.32. The monoisotopic (exact) mass is 363 g/mol. The minimum absolute atomic E-state index is 0.0296. The Morgan fingerprint density at radius 1 is 1.24 bits per heavy atom. The molecular weight excluding hydrogens is 334 g/mol. The largest absolute Gasteiger partial charge is 0.497 e. The highest BCUT2D eigenvalue weighted by Gasteiger charge is 2.35. The van der Waals surface area contributed by atoms with Gasteiger partial charge in [-0.2, -0.15) is 0 Å². The highest BCUT2D eigenvalue weighted by molar-refractivity contribution is 8.00. The van der Waals surface area contributed by atoms with Crippen molar-refractivity contribution < 1.29 is 14.3 Å². The molecule has 1 aromatic rings. The Hall–Kier alpha value is -1.20. The van der Waals surface area contributed by atoms with Gasteiger partial charge in [0.25, 0.3) is 0 Å². The molecule has 1 aliphatic heterocycles. The smallest absolute Gasteiger partial charge is 0.230 e. The molecule has 5 heteroatoms. The van der Waals surface area contributed by atoms with Crippen molar-refractivity contribution in [2.75, 3.05) is 32.6 Å². The van der Waals surface area contributed by atoms with Crippen molar-refractivity contribution in [1.29, 1.82) is 0 Å². The molecule has 0 radical (unpaired) electrons. The molecule has 3 rings (SSSR count). The van der Waals surface area contributed by atoms with E-state index in [2.05, 4.69) is 17.4 Å². The lowest BCUT2D eigenvalue weighted by molar-refractivity contribution is -0.119. The topological polar surface area (TPSA) is 47.6 Å². The van der Waals surface area contributed by atoms with E-state index in [9.17, 15) is 4.79 Å². The van der Waals surface area contributed by atoms with Gasteiger partial charge in [-0.25, -0.2) is 0 Å². The summed E-state index contributed by atoms with van der Waals surface area (Å²) in [5.74, 6) is 1.61. The first kappa shape index (κ1) is 18.6. The predicted octanol–water partition coefficient (Wildman–Crippen LogP) is 3.54. The lowest BCUT2D eigenvalue weighted by Crippen LogP contribution is -2.45. The fourth-order valence-electron chi connectivity index (χ4n) is 3.84.